The van der Waals surface area contributed by atoms with Crippen LogP contribution in [-0.2, 0) is 11.3 Å². The van der Waals surface area contributed by atoms with Gasteiger partial charge in [0.05, 0.1) is 31.7 Å². The van der Waals surface area contributed by atoms with E-state index in [1.54, 1.807) is 25.3 Å². The van der Waals surface area contributed by atoms with Gasteiger partial charge in [-0.1, -0.05) is 0 Å². The summed E-state index contributed by atoms with van der Waals surface area (Å²) in [5.74, 6) is 0.867. The summed E-state index contributed by atoms with van der Waals surface area (Å²) in [6.07, 6.45) is 5.34. The number of thioether (sulfide) groups is 1. The zero-order valence-corrected chi connectivity index (χ0v) is 22.8. The average molecular weight is 549 g/mol. The van der Waals surface area contributed by atoms with Gasteiger partial charge in [-0.15, -0.1) is 11.3 Å². The van der Waals surface area contributed by atoms with Crippen molar-refractivity contribution in [1.29, 1.82) is 0 Å². The molecule has 3 aromatic heterocycles. The molecule has 2 saturated heterocycles. The van der Waals surface area contributed by atoms with E-state index in [1.165, 1.54) is 11.3 Å². The van der Waals surface area contributed by atoms with Crippen LogP contribution in [0.4, 0.5) is 10.7 Å². The molecule has 2 aliphatic rings. The van der Waals surface area contributed by atoms with E-state index in [4.69, 9.17) is 4.98 Å². The molecular formula is C27H28N6O3S2. The van der Waals surface area contributed by atoms with Gasteiger partial charge in [-0.25, -0.2) is 9.97 Å². The Bertz CT molecular complexity index is 1410. The van der Waals surface area contributed by atoms with Crippen molar-refractivity contribution in [2.24, 2.45) is 5.92 Å². The average Bonchev–Trinajstić information content (AvgIpc) is 3.51. The number of aryl methyl sites for hydroxylation is 1. The zero-order valence-electron chi connectivity index (χ0n) is 21.2. The summed E-state index contributed by atoms with van der Waals surface area (Å²) in [4.78, 5) is 53.0. The van der Waals surface area contributed by atoms with Crippen LogP contribution in [0, 0.1) is 12.8 Å². The fourth-order valence-corrected chi connectivity index (χ4v) is 6.04. The summed E-state index contributed by atoms with van der Waals surface area (Å²) in [6.45, 7) is 6.95. The molecule has 0 radical (unpaired) electrons. The quantitative estimate of drug-likeness (QED) is 0.311. The van der Waals surface area contributed by atoms with Crippen LogP contribution in [0.15, 0.2) is 41.4 Å². The number of Topliss-reactive ketones (excluding diaryl/α,β-unsaturated/α-hetero) is 1. The molecular weight excluding hydrogens is 520 g/mol. The number of rotatable bonds is 8. The summed E-state index contributed by atoms with van der Waals surface area (Å²) in [6, 6.07) is 9.72. The van der Waals surface area contributed by atoms with Crippen LogP contribution < -0.4 is 15.5 Å². The molecule has 2 fully saturated rings. The Morgan fingerprint density at radius 2 is 2.00 bits per heavy atom. The molecule has 0 spiro atoms. The fraction of sp³-hybridized carbons (Fsp3) is 0.333. The lowest BCUT2D eigenvalue weighted by molar-refractivity contribution is -0.115. The first-order valence-corrected chi connectivity index (χ1v) is 14.1. The first-order chi connectivity index (χ1) is 18.3. The second-order valence-electron chi connectivity index (χ2n) is 9.44. The monoisotopic (exact) mass is 548 g/mol. The lowest BCUT2D eigenvalue weighted by Crippen LogP contribution is -2.38. The molecule has 3 aromatic rings. The van der Waals surface area contributed by atoms with Crippen molar-refractivity contribution in [3.05, 3.63) is 63.3 Å². The van der Waals surface area contributed by atoms with Gasteiger partial charge in [0.25, 0.3) is 11.1 Å². The van der Waals surface area contributed by atoms with Gasteiger partial charge < -0.3 is 10.2 Å². The number of carbonyl (C=O) groups excluding carboxylic acids is 3. The van der Waals surface area contributed by atoms with E-state index < -0.39 is 0 Å². The number of hydrogen-bond donors (Lipinski definition) is 2. The number of thiophene rings is 1. The molecule has 5 rings (SSSR count). The number of imide groups is 1. The SMILES string of the molecule is CC(=O)c1ccc(-c2cc(C)cc(CNCC3CCN(c4nccc(C=C5SC(=O)NC5=O)n4)CC3)n2)s1. The Labute approximate surface area is 229 Å². The van der Waals surface area contributed by atoms with Gasteiger partial charge >= 0.3 is 0 Å². The largest absolute Gasteiger partial charge is 0.341 e. The molecule has 0 saturated carbocycles. The van der Waals surface area contributed by atoms with Crippen LogP contribution >= 0.6 is 23.1 Å². The van der Waals surface area contributed by atoms with E-state index in [-0.39, 0.29) is 16.9 Å². The number of aromatic nitrogens is 3. The summed E-state index contributed by atoms with van der Waals surface area (Å²) in [5, 5.41) is 5.47. The maximum atomic E-state index is 11.8. The van der Waals surface area contributed by atoms with Crippen LogP contribution in [-0.4, -0.2) is 51.5 Å². The third kappa shape index (κ3) is 6.35. The highest BCUT2D eigenvalue weighted by molar-refractivity contribution is 8.18. The van der Waals surface area contributed by atoms with E-state index in [0.29, 0.717) is 29.0 Å². The number of pyridine rings is 1. The number of hydrogen-bond acceptors (Lipinski definition) is 10. The molecule has 0 aliphatic carbocycles. The molecule has 0 bridgehead atoms. The number of piperidine rings is 1. The Morgan fingerprint density at radius 3 is 2.71 bits per heavy atom. The van der Waals surface area contributed by atoms with Crippen molar-refractivity contribution in [2.45, 2.75) is 33.2 Å². The highest BCUT2D eigenvalue weighted by Crippen LogP contribution is 2.28. The predicted molar refractivity (Wildman–Crippen MR) is 150 cm³/mol. The van der Waals surface area contributed by atoms with Crippen molar-refractivity contribution >= 4 is 52.1 Å². The lowest BCUT2D eigenvalue weighted by atomic mass is 9.97. The molecule has 38 heavy (non-hydrogen) atoms. The van der Waals surface area contributed by atoms with Crippen LogP contribution in [0.25, 0.3) is 16.6 Å². The number of carbonyl (C=O) groups is 3. The van der Waals surface area contributed by atoms with Gasteiger partial charge in [-0.05, 0) is 92.9 Å². The van der Waals surface area contributed by atoms with E-state index in [0.717, 1.165) is 70.9 Å². The van der Waals surface area contributed by atoms with Crippen molar-refractivity contribution in [3.8, 4) is 10.6 Å². The highest BCUT2D eigenvalue weighted by Gasteiger charge is 2.26. The molecule has 2 N–H and O–H groups in total. The van der Waals surface area contributed by atoms with Crippen molar-refractivity contribution < 1.29 is 14.4 Å². The normalized spacial score (nSPS) is 17.3. The summed E-state index contributed by atoms with van der Waals surface area (Å²) >= 11 is 2.37. The zero-order chi connectivity index (χ0) is 26.6. The van der Waals surface area contributed by atoms with Crippen LogP contribution in [0.2, 0.25) is 0 Å². The summed E-state index contributed by atoms with van der Waals surface area (Å²) < 4.78 is 0. The summed E-state index contributed by atoms with van der Waals surface area (Å²) in [7, 11) is 0. The van der Waals surface area contributed by atoms with E-state index in [9.17, 15) is 14.4 Å². The predicted octanol–water partition coefficient (Wildman–Crippen LogP) is 4.44. The van der Waals surface area contributed by atoms with Gasteiger partial charge in [-0.2, -0.15) is 0 Å². The van der Waals surface area contributed by atoms with Crippen LogP contribution in [0.1, 0.15) is 46.4 Å². The standard InChI is InChI=1S/C27H28N6O3S2/c1-16-11-20(30-21(12-16)23-4-3-22(37-23)17(2)34)15-28-14-18-6-9-33(10-7-18)26-29-8-5-19(31-26)13-24-25(35)32-27(36)38-24/h3-5,8,11-13,18,28H,6-7,9-10,14-15H2,1-2H3,(H,32,35,36). The molecule has 2 aliphatic heterocycles. The molecule has 2 amide bonds. The molecule has 196 valence electrons. The van der Waals surface area contributed by atoms with Gasteiger partial charge in [0.1, 0.15) is 0 Å². The third-order valence-electron chi connectivity index (χ3n) is 6.45. The smallest absolute Gasteiger partial charge is 0.290 e. The number of nitrogens with zero attached hydrogens (tertiary/aromatic N) is 4. The molecule has 11 heteroatoms. The minimum Gasteiger partial charge on any atom is -0.341 e. The van der Waals surface area contributed by atoms with E-state index in [1.807, 2.05) is 12.1 Å². The first-order valence-electron chi connectivity index (χ1n) is 12.5. The van der Waals surface area contributed by atoms with Crippen LogP contribution in [0.5, 0.6) is 0 Å². The Morgan fingerprint density at radius 1 is 1.18 bits per heavy atom. The van der Waals surface area contributed by atoms with Gasteiger partial charge in [0.15, 0.2) is 5.78 Å². The molecule has 0 atom stereocenters. The van der Waals surface area contributed by atoms with Crippen LogP contribution in [0.3, 0.4) is 0 Å². The third-order valence-corrected chi connectivity index (χ3v) is 8.47. The maximum Gasteiger partial charge on any atom is 0.290 e. The number of nitrogens with one attached hydrogen (secondary N) is 2. The van der Waals surface area contributed by atoms with E-state index in [2.05, 4.69) is 44.6 Å². The van der Waals surface area contributed by atoms with Crippen molar-refractivity contribution in [2.75, 3.05) is 24.5 Å². The highest BCUT2D eigenvalue weighted by atomic mass is 32.2. The van der Waals surface area contributed by atoms with Gasteiger partial charge in [-0.3, -0.25) is 24.7 Å². The Balaban J connectivity index is 1.13. The number of anilines is 1. The molecule has 0 unspecified atom stereocenters. The topological polar surface area (TPSA) is 117 Å². The summed E-state index contributed by atoms with van der Waals surface area (Å²) in [5.41, 5.74) is 3.65. The van der Waals surface area contributed by atoms with Gasteiger partial charge in [0.2, 0.25) is 5.95 Å². The van der Waals surface area contributed by atoms with E-state index >= 15 is 0 Å². The number of amides is 2. The number of ketones is 1. The van der Waals surface area contributed by atoms with Crippen molar-refractivity contribution in [3.63, 3.8) is 0 Å². The second kappa shape index (κ2) is 11.5. The maximum absolute atomic E-state index is 11.8. The van der Waals surface area contributed by atoms with Crippen molar-refractivity contribution in [1.82, 2.24) is 25.6 Å². The minimum atomic E-state index is -0.390. The lowest BCUT2D eigenvalue weighted by Gasteiger charge is -2.32. The Kier molecular flexibility index (Phi) is 7.96. The molecule has 5 heterocycles. The van der Waals surface area contributed by atoms with Gasteiger partial charge in [0, 0.05) is 25.8 Å². The Hall–Kier alpha value is -3.41. The first kappa shape index (κ1) is 26.2. The fourth-order valence-electron chi connectivity index (χ4n) is 4.51. The second-order valence-corrected chi connectivity index (χ2v) is 11.5. The molecule has 0 aromatic carbocycles. The minimum absolute atomic E-state index is 0.0772. The molecule has 9 nitrogen and oxygen atoms in total.